The van der Waals surface area contributed by atoms with Crippen LogP contribution in [0.5, 0.6) is 11.5 Å². The molecular formula is C23H24O4. The third kappa shape index (κ3) is 5.30. The fourth-order valence-electron chi connectivity index (χ4n) is 3.21. The van der Waals surface area contributed by atoms with E-state index in [4.69, 9.17) is 9.47 Å². The maximum Gasteiger partial charge on any atom is 0.314 e. The monoisotopic (exact) mass is 364 g/mol. The van der Waals surface area contributed by atoms with Crippen LogP contribution in [0.1, 0.15) is 48.0 Å². The summed E-state index contributed by atoms with van der Waals surface area (Å²) >= 11 is 0. The number of methoxy groups -OCH3 is 1. The molecule has 2 aromatic rings. The highest BCUT2D eigenvalue weighted by Gasteiger charge is 2.22. The molecule has 0 N–H and O–H groups in total. The SMILES string of the molecule is COc1ccc(/C=C/C(=O)c2ccc(OC(=O)C3CCCCC3)cc2)cc1. The van der Waals surface area contributed by atoms with Crippen LogP contribution in [0.15, 0.2) is 54.6 Å². The van der Waals surface area contributed by atoms with Gasteiger partial charge >= 0.3 is 5.97 Å². The zero-order chi connectivity index (χ0) is 19.1. The minimum Gasteiger partial charge on any atom is -0.497 e. The molecule has 1 fully saturated rings. The summed E-state index contributed by atoms with van der Waals surface area (Å²) in [5, 5.41) is 0. The number of carbonyl (C=O) groups is 2. The lowest BCUT2D eigenvalue weighted by atomic mass is 9.89. The van der Waals surface area contributed by atoms with Crippen molar-refractivity contribution in [3.63, 3.8) is 0 Å². The smallest absolute Gasteiger partial charge is 0.314 e. The van der Waals surface area contributed by atoms with Crippen LogP contribution in [-0.4, -0.2) is 18.9 Å². The third-order valence-electron chi connectivity index (χ3n) is 4.84. The lowest BCUT2D eigenvalue weighted by Gasteiger charge is -2.19. The van der Waals surface area contributed by atoms with Crippen molar-refractivity contribution >= 4 is 17.8 Å². The highest BCUT2D eigenvalue weighted by molar-refractivity contribution is 6.06. The van der Waals surface area contributed by atoms with E-state index in [0.717, 1.165) is 37.0 Å². The largest absolute Gasteiger partial charge is 0.497 e. The van der Waals surface area contributed by atoms with E-state index in [-0.39, 0.29) is 17.7 Å². The van der Waals surface area contributed by atoms with E-state index < -0.39 is 0 Å². The second-order valence-corrected chi connectivity index (χ2v) is 6.75. The van der Waals surface area contributed by atoms with Gasteiger partial charge in [-0.15, -0.1) is 0 Å². The van der Waals surface area contributed by atoms with E-state index >= 15 is 0 Å². The Labute approximate surface area is 159 Å². The molecule has 0 heterocycles. The number of hydrogen-bond donors (Lipinski definition) is 0. The van der Waals surface area contributed by atoms with Gasteiger partial charge < -0.3 is 9.47 Å². The van der Waals surface area contributed by atoms with E-state index in [1.807, 2.05) is 24.3 Å². The van der Waals surface area contributed by atoms with Gasteiger partial charge in [-0.05, 0) is 60.9 Å². The molecule has 1 aliphatic carbocycles. The number of rotatable bonds is 6. The predicted molar refractivity (Wildman–Crippen MR) is 105 cm³/mol. The Morgan fingerprint density at radius 1 is 0.889 bits per heavy atom. The summed E-state index contributed by atoms with van der Waals surface area (Å²) in [6, 6.07) is 14.2. The summed E-state index contributed by atoms with van der Waals surface area (Å²) in [6.07, 6.45) is 8.49. The van der Waals surface area contributed by atoms with E-state index in [0.29, 0.717) is 11.3 Å². The molecule has 0 spiro atoms. The van der Waals surface area contributed by atoms with Gasteiger partial charge in [0.15, 0.2) is 5.78 Å². The molecule has 0 saturated heterocycles. The lowest BCUT2D eigenvalue weighted by molar-refractivity contribution is -0.139. The van der Waals surface area contributed by atoms with Gasteiger partial charge in [0.1, 0.15) is 11.5 Å². The van der Waals surface area contributed by atoms with Gasteiger partial charge in [-0.3, -0.25) is 9.59 Å². The zero-order valence-electron chi connectivity index (χ0n) is 15.5. The standard InChI is InChI=1S/C23H24O4/c1-26-20-12-7-17(8-13-20)9-16-22(24)18-10-14-21(15-11-18)27-23(25)19-5-3-2-4-6-19/h7-16,19H,2-6H2,1H3/b16-9+. The minimum atomic E-state index is -0.159. The molecular weight excluding hydrogens is 340 g/mol. The normalized spacial score (nSPS) is 14.9. The topological polar surface area (TPSA) is 52.6 Å². The van der Waals surface area contributed by atoms with Crippen molar-refractivity contribution in [2.45, 2.75) is 32.1 Å². The van der Waals surface area contributed by atoms with E-state index in [2.05, 4.69) is 0 Å². The van der Waals surface area contributed by atoms with Gasteiger partial charge in [-0.1, -0.05) is 37.5 Å². The first-order chi connectivity index (χ1) is 13.2. The van der Waals surface area contributed by atoms with Crippen molar-refractivity contribution in [1.82, 2.24) is 0 Å². The number of hydrogen-bond acceptors (Lipinski definition) is 4. The Bertz CT molecular complexity index is 797. The molecule has 3 rings (SSSR count). The molecule has 0 atom stereocenters. The number of benzene rings is 2. The van der Waals surface area contributed by atoms with Gasteiger partial charge in [0.05, 0.1) is 13.0 Å². The summed E-state index contributed by atoms with van der Waals surface area (Å²) in [6.45, 7) is 0. The molecule has 0 bridgehead atoms. The summed E-state index contributed by atoms with van der Waals surface area (Å²) in [4.78, 5) is 24.5. The van der Waals surface area contributed by atoms with Gasteiger partial charge in [-0.25, -0.2) is 0 Å². The lowest BCUT2D eigenvalue weighted by Crippen LogP contribution is -2.22. The molecule has 0 aliphatic heterocycles. The van der Waals surface area contributed by atoms with Gasteiger partial charge in [-0.2, -0.15) is 0 Å². The summed E-state index contributed by atoms with van der Waals surface area (Å²) in [5.41, 5.74) is 1.47. The van der Waals surface area contributed by atoms with Crippen LogP contribution in [0, 0.1) is 5.92 Å². The van der Waals surface area contributed by atoms with Crippen LogP contribution in [0.4, 0.5) is 0 Å². The Hall–Kier alpha value is -2.88. The molecule has 2 aromatic carbocycles. The second kappa shape index (κ2) is 9.17. The minimum absolute atomic E-state index is 0.00693. The molecule has 0 unspecified atom stereocenters. The molecule has 4 heteroatoms. The van der Waals surface area contributed by atoms with E-state index in [1.54, 1.807) is 37.5 Å². The van der Waals surface area contributed by atoms with E-state index in [1.165, 1.54) is 12.5 Å². The van der Waals surface area contributed by atoms with Crippen LogP contribution in [0.25, 0.3) is 6.08 Å². The maximum atomic E-state index is 12.3. The van der Waals surface area contributed by atoms with Crippen molar-refractivity contribution in [3.8, 4) is 11.5 Å². The van der Waals surface area contributed by atoms with Gasteiger partial charge in [0.2, 0.25) is 0 Å². The van der Waals surface area contributed by atoms with Crippen molar-refractivity contribution in [2.75, 3.05) is 7.11 Å². The fraction of sp³-hybridized carbons (Fsp3) is 0.304. The van der Waals surface area contributed by atoms with Crippen LogP contribution >= 0.6 is 0 Å². The van der Waals surface area contributed by atoms with E-state index in [9.17, 15) is 9.59 Å². The van der Waals surface area contributed by atoms with Crippen LogP contribution < -0.4 is 9.47 Å². The zero-order valence-corrected chi connectivity index (χ0v) is 15.5. The average molecular weight is 364 g/mol. The summed E-state index contributed by atoms with van der Waals surface area (Å²) in [7, 11) is 1.62. The van der Waals surface area contributed by atoms with Crippen molar-refractivity contribution in [1.29, 1.82) is 0 Å². The molecule has 1 aliphatic rings. The van der Waals surface area contributed by atoms with Crippen LogP contribution in [0.2, 0.25) is 0 Å². The first kappa shape index (κ1) is 18.9. The first-order valence-electron chi connectivity index (χ1n) is 9.34. The third-order valence-corrected chi connectivity index (χ3v) is 4.84. The first-order valence-corrected chi connectivity index (χ1v) is 9.34. The molecule has 140 valence electrons. The Morgan fingerprint density at radius 2 is 1.52 bits per heavy atom. The fourth-order valence-corrected chi connectivity index (χ4v) is 3.21. The van der Waals surface area contributed by atoms with Crippen LogP contribution in [-0.2, 0) is 4.79 Å². The number of carbonyl (C=O) groups excluding carboxylic acids is 2. The maximum absolute atomic E-state index is 12.3. The van der Waals surface area contributed by atoms with Crippen molar-refractivity contribution < 1.29 is 19.1 Å². The van der Waals surface area contributed by atoms with Crippen molar-refractivity contribution in [3.05, 3.63) is 65.7 Å². The Kier molecular flexibility index (Phi) is 6.42. The second-order valence-electron chi connectivity index (χ2n) is 6.75. The molecule has 4 nitrogen and oxygen atoms in total. The molecule has 1 saturated carbocycles. The molecule has 0 radical (unpaired) electrons. The highest BCUT2D eigenvalue weighted by Crippen LogP contribution is 2.25. The number of ketones is 1. The quantitative estimate of drug-likeness (QED) is 0.310. The molecule has 0 aromatic heterocycles. The molecule has 27 heavy (non-hydrogen) atoms. The van der Waals surface area contributed by atoms with Crippen molar-refractivity contribution in [2.24, 2.45) is 5.92 Å². The van der Waals surface area contributed by atoms with Gasteiger partial charge in [0.25, 0.3) is 0 Å². The number of esters is 1. The highest BCUT2D eigenvalue weighted by atomic mass is 16.5. The summed E-state index contributed by atoms with van der Waals surface area (Å²) in [5.74, 6) is 1.01. The van der Waals surface area contributed by atoms with Crippen LogP contribution in [0.3, 0.4) is 0 Å². The number of ether oxygens (including phenoxy) is 2. The Balaban J connectivity index is 1.57. The average Bonchev–Trinajstić information content (AvgIpc) is 2.73. The predicted octanol–water partition coefficient (Wildman–Crippen LogP) is 5.08. The molecule has 0 amide bonds. The van der Waals surface area contributed by atoms with Gasteiger partial charge in [0, 0.05) is 5.56 Å². The Morgan fingerprint density at radius 3 is 2.15 bits per heavy atom. The summed E-state index contributed by atoms with van der Waals surface area (Å²) < 4.78 is 10.6. The number of allylic oxidation sites excluding steroid dienone is 1.